The molecule has 2 aromatic heterocycles. The SMILES string of the molecule is O=C(c1cc(Br)cc(C(=O)c2ccccn2)c1)c1ccccn1. The zero-order chi connectivity index (χ0) is 16.2. The topological polar surface area (TPSA) is 59.9 Å². The molecule has 0 saturated heterocycles. The van der Waals surface area contributed by atoms with E-state index in [1.807, 2.05) is 0 Å². The highest BCUT2D eigenvalue weighted by molar-refractivity contribution is 9.10. The Bertz CT molecular complexity index is 795. The van der Waals surface area contributed by atoms with E-state index in [1.165, 1.54) is 0 Å². The standard InChI is InChI=1S/C18H11BrN2O2/c19-14-10-12(17(22)15-5-1-3-7-20-15)9-13(11-14)18(23)16-6-2-4-8-21-16/h1-11H. The van der Waals surface area contributed by atoms with E-state index >= 15 is 0 Å². The minimum absolute atomic E-state index is 0.234. The highest BCUT2D eigenvalue weighted by atomic mass is 79.9. The zero-order valence-corrected chi connectivity index (χ0v) is 13.5. The molecule has 0 unspecified atom stereocenters. The van der Waals surface area contributed by atoms with Crippen molar-refractivity contribution in [2.24, 2.45) is 0 Å². The summed E-state index contributed by atoms with van der Waals surface area (Å²) in [5.41, 5.74) is 1.47. The molecule has 0 saturated carbocycles. The first-order valence-corrected chi connectivity index (χ1v) is 7.66. The minimum atomic E-state index is -0.234. The number of hydrogen-bond acceptors (Lipinski definition) is 4. The summed E-state index contributed by atoms with van der Waals surface area (Å²) in [6, 6.07) is 15.2. The Kier molecular flexibility index (Phi) is 4.39. The lowest BCUT2D eigenvalue weighted by Crippen LogP contribution is -2.08. The largest absolute Gasteiger partial charge is 0.287 e. The quantitative estimate of drug-likeness (QED) is 0.660. The summed E-state index contributed by atoms with van der Waals surface area (Å²) in [7, 11) is 0. The molecule has 0 fully saturated rings. The Balaban J connectivity index is 2.00. The van der Waals surface area contributed by atoms with Crippen LogP contribution < -0.4 is 0 Å². The molecular weight excluding hydrogens is 356 g/mol. The molecule has 5 heteroatoms. The van der Waals surface area contributed by atoms with E-state index in [2.05, 4.69) is 25.9 Å². The molecule has 0 radical (unpaired) electrons. The number of carbonyl (C=O) groups excluding carboxylic acids is 2. The molecule has 0 aliphatic carbocycles. The third kappa shape index (κ3) is 3.40. The molecule has 2 heterocycles. The van der Waals surface area contributed by atoms with Crippen molar-refractivity contribution in [1.82, 2.24) is 9.97 Å². The second kappa shape index (κ2) is 6.62. The highest BCUT2D eigenvalue weighted by Crippen LogP contribution is 2.20. The number of pyridine rings is 2. The number of aromatic nitrogens is 2. The molecular formula is C18H11BrN2O2. The summed E-state index contributed by atoms with van der Waals surface area (Å²) in [5, 5.41) is 0. The van der Waals surface area contributed by atoms with Crippen LogP contribution in [0, 0.1) is 0 Å². The van der Waals surface area contributed by atoms with E-state index in [0.29, 0.717) is 27.0 Å². The second-order valence-electron chi connectivity index (χ2n) is 4.82. The molecule has 23 heavy (non-hydrogen) atoms. The number of carbonyl (C=O) groups is 2. The van der Waals surface area contributed by atoms with Gasteiger partial charge in [0.25, 0.3) is 0 Å². The fraction of sp³-hybridized carbons (Fsp3) is 0. The maximum atomic E-state index is 12.5. The van der Waals surface area contributed by atoms with Crippen molar-refractivity contribution < 1.29 is 9.59 Å². The number of hydrogen-bond donors (Lipinski definition) is 0. The molecule has 0 aliphatic rings. The molecule has 0 aliphatic heterocycles. The van der Waals surface area contributed by atoms with E-state index < -0.39 is 0 Å². The Morgan fingerprint density at radius 1 is 0.739 bits per heavy atom. The van der Waals surface area contributed by atoms with Gasteiger partial charge < -0.3 is 0 Å². The van der Waals surface area contributed by atoms with Gasteiger partial charge in [0, 0.05) is 28.0 Å². The van der Waals surface area contributed by atoms with Crippen molar-refractivity contribution in [1.29, 1.82) is 0 Å². The Hall–Kier alpha value is -2.66. The van der Waals surface area contributed by atoms with Gasteiger partial charge in [0.2, 0.25) is 11.6 Å². The fourth-order valence-corrected chi connectivity index (χ4v) is 2.63. The third-order valence-corrected chi connectivity index (χ3v) is 3.68. The van der Waals surface area contributed by atoms with Crippen LogP contribution in [0.15, 0.2) is 71.5 Å². The number of nitrogens with zero attached hydrogens (tertiary/aromatic N) is 2. The number of ketones is 2. The summed E-state index contributed by atoms with van der Waals surface area (Å²) in [6.45, 7) is 0. The van der Waals surface area contributed by atoms with Crippen LogP contribution in [0.2, 0.25) is 0 Å². The number of rotatable bonds is 4. The van der Waals surface area contributed by atoms with E-state index in [9.17, 15) is 9.59 Å². The van der Waals surface area contributed by atoms with Gasteiger partial charge in [-0.25, -0.2) is 0 Å². The average Bonchev–Trinajstić information content (AvgIpc) is 2.61. The first-order chi connectivity index (χ1) is 11.1. The van der Waals surface area contributed by atoms with Gasteiger partial charge in [-0.3, -0.25) is 19.6 Å². The molecule has 1 aromatic carbocycles. The highest BCUT2D eigenvalue weighted by Gasteiger charge is 2.16. The van der Waals surface area contributed by atoms with Crippen LogP contribution in [-0.2, 0) is 0 Å². The summed E-state index contributed by atoms with van der Waals surface area (Å²) in [6.07, 6.45) is 3.12. The van der Waals surface area contributed by atoms with Crippen molar-refractivity contribution >= 4 is 27.5 Å². The van der Waals surface area contributed by atoms with Crippen molar-refractivity contribution in [3.8, 4) is 0 Å². The third-order valence-electron chi connectivity index (χ3n) is 3.22. The van der Waals surface area contributed by atoms with Crippen molar-refractivity contribution in [2.75, 3.05) is 0 Å². The Labute approximate surface area is 141 Å². The number of benzene rings is 1. The van der Waals surface area contributed by atoms with Gasteiger partial charge >= 0.3 is 0 Å². The molecule has 0 bridgehead atoms. The Morgan fingerprint density at radius 2 is 1.22 bits per heavy atom. The van der Waals surface area contributed by atoms with Crippen molar-refractivity contribution in [2.45, 2.75) is 0 Å². The maximum Gasteiger partial charge on any atom is 0.211 e. The van der Waals surface area contributed by atoms with Gasteiger partial charge in [-0.05, 0) is 42.5 Å². The lowest BCUT2D eigenvalue weighted by molar-refractivity contribution is 0.103. The first-order valence-electron chi connectivity index (χ1n) is 6.87. The molecule has 0 amide bonds. The van der Waals surface area contributed by atoms with Gasteiger partial charge in [0.1, 0.15) is 11.4 Å². The molecule has 0 spiro atoms. The zero-order valence-electron chi connectivity index (χ0n) is 11.9. The molecule has 0 N–H and O–H groups in total. The van der Waals surface area contributed by atoms with E-state index in [4.69, 9.17) is 0 Å². The summed E-state index contributed by atoms with van der Waals surface area (Å²) < 4.78 is 0.651. The smallest absolute Gasteiger partial charge is 0.211 e. The van der Waals surface area contributed by atoms with Crippen LogP contribution >= 0.6 is 15.9 Å². The van der Waals surface area contributed by atoms with E-state index in [0.717, 1.165) is 0 Å². The van der Waals surface area contributed by atoms with Gasteiger partial charge in [-0.15, -0.1) is 0 Å². The van der Waals surface area contributed by atoms with Crippen LogP contribution in [0.25, 0.3) is 0 Å². The van der Waals surface area contributed by atoms with Crippen LogP contribution in [0.5, 0.6) is 0 Å². The molecule has 0 atom stereocenters. The van der Waals surface area contributed by atoms with Crippen LogP contribution in [0.4, 0.5) is 0 Å². The molecule has 112 valence electrons. The van der Waals surface area contributed by atoms with Crippen LogP contribution in [-0.4, -0.2) is 21.5 Å². The van der Waals surface area contributed by atoms with Crippen LogP contribution in [0.3, 0.4) is 0 Å². The monoisotopic (exact) mass is 366 g/mol. The fourth-order valence-electron chi connectivity index (χ4n) is 2.14. The van der Waals surface area contributed by atoms with E-state index in [1.54, 1.807) is 67.0 Å². The summed E-state index contributed by atoms with van der Waals surface area (Å²) in [4.78, 5) is 33.1. The summed E-state index contributed by atoms with van der Waals surface area (Å²) in [5.74, 6) is -0.469. The van der Waals surface area contributed by atoms with Crippen LogP contribution in [0.1, 0.15) is 32.1 Å². The predicted molar refractivity (Wildman–Crippen MR) is 89.5 cm³/mol. The lowest BCUT2D eigenvalue weighted by atomic mass is 10.0. The predicted octanol–water partition coefficient (Wildman–Crippen LogP) is 3.70. The second-order valence-corrected chi connectivity index (χ2v) is 5.73. The van der Waals surface area contributed by atoms with Gasteiger partial charge in [0.05, 0.1) is 0 Å². The normalized spacial score (nSPS) is 10.3. The molecule has 3 rings (SSSR count). The van der Waals surface area contributed by atoms with Gasteiger partial charge in [-0.2, -0.15) is 0 Å². The van der Waals surface area contributed by atoms with E-state index in [-0.39, 0.29) is 11.6 Å². The lowest BCUT2D eigenvalue weighted by Gasteiger charge is -2.05. The Morgan fingerprint density at radius 3 is 1.61 bits per heavy atom. The minimum Gasteiger partial charge on any atom is -0.287 e. The molecule has 4 nitrogen and oxygen atoms in total. The maximum absolute atomic E-state index is 12.5. The number of halogens is 1. The van der Waals surface area contributed by atoms with Crippen molar-refractivity contribution in [3.63, 3.8) is 0 Å². The van der Waals surface area contributed by atoms with Crippen molar-refractivity contribution in [3.05, 3.63) is 94.0 Å². The van der Waals surface area contributed by atoms with Gasteiger partial charge in [-0.1, -0.05) is 28.1 Å². The molecule has 3 aromatic rings. The summed E-state index contributed by atoms with van der Waals surface area (Å²) >= 11 is 3.35. The first kappa shape index (κ1) is 15.2. The van der Waals surface area contributed by atoms with Gasteiger partial charge in [0.15, 0.2) is 0 Å². The average molecular weight is 367 g/mol.